The lowest BCUT2D eigenvalue weighted by Gasteiger charge is -2.45. The van der Waals surface area contributed by atoms with Crippen LogP contribution in [0, 0.1) is 19.8 Å². The molecule has 4 rings (SSSR count). The summed E-state index contributed by atoms with van der Waals surface area (Å²) in [7, 11) is 1.69. The Morgan fingerprint density at radius 3 is 2.77 bits per heavy atom. The van der Waals surface area contributed by atoms with Crippen molar-refractivity contribution in [2.24, 2.45) is 5.92 Å². The third kappa shape index (κ3) is 5.72. The molecule has 0 bridgehead atoms. The summed E-state index contributed by atoms with van der Waals surface area (Å²) in [5.74, 6) is 0.711. The summed E-state index contributed by atoms with van der Waals surface area (Å²) in [6, 6.07) is 3.98. The van der Waals surface area contributed by atoms with Crippen molar-refractivity contribution in [3.05, 3.63) is 39.2 Å². The van der Waals surface area contributed by atoms with E-state index in [1.165, 1.54) is 45.2 Å². The minimum absolute atomic E-state index is 0.0924. The number of nitrogens with zero attached hydrogens (tertiary/aromatic N) is 2. The Bertz CT molecular complexity index is 1090. The topological polar surface area (TPSA) is 83.2 Å². The van der Waals surface area contributed by atoms with Crippen molar-refractivity contribution in [1.82, 2.24) is 9.80 Å². The minimum Gasteiger partial charge on any atom is -0.508 e. The molecule has 0 radical (unpaired) electrons. The van der Waals surface area contributed by atoms with Gasteiger partial charge in [-0.25, -0.2) is 4.79 Å². The van der Waals surface area contributed by atoms with Gasteiger partial charge in [-0.05, 0) is 89.1 Å². The molecule has 35 heavy (non-hydrogen) atoms. The van der Waals surface area contributed by atoms with Crippen LogP contribution in [-0.4, -0.2) is 66.8 Å². The summed E-state index contributed by atoms with van der Waals surface area (Å²) in [4.78, 5) is 30.9. The van der Waals surface area contributed by atoms with Crippen molar-refractivity contribution >= 4 is 16.9 Å². The fraction of sp³-hybridized carbons (Fsp3) is 0.643. The van der Waals surface area contributed by atoms with Crippen LogP contribution in [0.25, 0.3) is 11.0 Å². The molecule has 2 saturated heterocycles. The minimum atomic E-state index is -0.424. The van der Waals surface area contributed by atoms with Crippen LogP contribution in [0.2, 0.25) is 0 Å². The number of methoxy groups -OCH3 is 1. The van der Waals surface area contributed by atoms with E-state index in [0.29, 0.717) is 48.2 Å². The molecular formula is C28H40N2O5. The van der Waals surface area contributed by atoms with Crippen molar-refractivity contribution in [2.45, 2.75) is 71.3 Å². The number of benzene rings is 1. The number of hydrogen-bond donors (Lipinski definition) is 1. The van der Waals surface area contributed by atoms with Gasteiger partial charge < -0.3 is 24.1 Å². The van der Waals surface area contributed by atoms with Crippen LogP contribution in [0.5, 0.6) is 5.75 Å². The second-order valence-electron chi connectivity index (χ2n) is 10.3. The van der Waals surface area contributed by atoms with Crippen molar-refractivity contribution < 1.29 is 19.1 Å². The maximum Gasteiger partial charge on any atom is 0.339 e. The molecule has 3 heterocycles. The zero-order valence-electron chi connectivity index (χ0n) is 21.5. The summed E-state index contributed by atoms with van der Waals surface area (Å²) < 4.78 is 10.8. The zero-order chi connectivity index (χ0) is 24.9. The number of ether oxygens (including phenoxy) is 1. The SMILES string of the molecule is COCCCN(C[C@@H]1CCCN2CCCC[C@@H]12)C(=O)CCc1c(C)c2ccc(O)c(C)c2oc1=O. The predicted octanol–water partition coefficient (Wildman–Crippen LogP) is 4.18. The first kappa shape index (κ1) is 25.7. The number of phenols is 1. The largest absolute Gasteiger partial charge is 0.508 e. The maximum absolute atomic E-state index is 13.4. The van der Waals surface area contributed by atoms with Gasteiger partial charge in [0.05, 0.1) is 0 Å². The molecule has 1 aromatic carbocycles. The van der Waals surface area contributed by atoms with E-state index in [1.54, 1.807) is 26.2 Å². The Balaban J connectivity index is 1.48. The van der Waals surface area contributed by atoms with Gasteiger partial charge in [0, 0.05) is 55.8 Å². The highest BCUT2D eigenvalue weighted by atomic mass is 16.5. The van der Waals surface area contributed by atoms with E-state index in [0.717, 1.165) is 23.9 Å². The number of amides is 1. The highest BCUT2D eigenvalue weighted by Crippen LogP contribution is 2.32. The van der Waals surface area contributed by atoms with Gasteiger partial charge in [-0.15, -0.1) is 0 Å². The first-order valence-corrected chi connectivity index (χ1v) is 13.2. The molecule has 2 aromatic rings. The monoisotopic (exact) mass is 484 g/mol. The molecule has 2 atom stereocenters. The molecule has 0 saturated carbocycles. The van der Waals surface area contributed by atoms with E-state index in [-0.39, 0.29) is 18.1 Å². The number of carbonyl (C=O) groups excluding carboxylic acids is 1. The number of aryl methyl sites for hydroxylation is 2. The smallest absolute Gasteiger partial charge is 0.339 e. The predicted molar refractivity (Wildman–Crippen MR) is 137 cm³/mol. The van der Waals surface area contributed by atoms with Crippen molar-refractivity contribution in [3.63, 3.8) is 0 Å². The average molecular weight is 485 g/mol. The van der Waals surface area contributed by atoms with Crippen LogP contribution in [-0.2, 0) is 16.0 Å². The Morgan fingerprint density at radius 2 is 1.97 bits per heavy atom. The quantitative estimate of drug-likeness (QED) is 0.425. The standard InChI is InChI=1S/C28H40N2O5/c1-19-22-10-12-25(31)20(2)27(22)35-28(33)23(19)11-13-26(32)30(16-7-17-34-3)18-21-8-6-15-29-14-5-4-9-24(21)29/h10,12,21,24,31H,4-9,11,13-18H2,1-3H3/t21-,24-/m0/s1. The highest BCUT2D eigenvalue weighted by Gasteiger charge is 2.34. The van der Waals surface area contributed by atoms with Gasteiger partial charge in [-0.2, -0.15) is 0 Å². The molecule has 2 aliphatic rings. The molecule has 0 aliphatic carbocycles. The molecule has 1 N–H and O–H groups in total. The molecule has 0 spiro atoms. The molecule has 7 nitrogen and oxygen atoms in total. The second kappa shape index (κ2) is 11.6. The van der Waals surface area contributed by atoms with Crippen molar-refractivity contribution in [1.29, 1.82) is 0 Å². The van der Waals surface area contributed by atoms with Crippen LogP contribution in [0.1, 0.15) is 61.6 Å². The van der Waals surface area contributed by atoms with E-state index in [4.69, 9.17) is 9.15 Å². The maximum atomic E-state index is 13.4. The van der Waals surface area contributed by atoms with Gasteiger partial charge in [0.15, 0.2) is 0 Å². The normalized spacial score (nSPS) is 20.7. The summed E-state index contributed by atoms with van der Waals surface area (Å²) in [6.45, 7) is 8.10. The first-order chi connectivity index (χ1) is 16.9. The lowest BCUT2D eigenvalue weighted by molar-refractivity contribution is -0.132. The second-order valence-corrected chi connectivity index (χ2v) is 10.3. The van der Waals surface area contributed by atoms with E-state index in [1.807, 2.05) is 11.8 Å². The fourth-order valence-corrected chi connectivity index (χ4v) is 6.05. The van der Waals surface area contributed by atoms with Gasteiger partial charge in [0.1, 0.15) is 11.3 Å². The molecule has 1 aromatic heterocycles. The fourth-order valence-electron chi connectivity index (χ4n) is 6.05. The van der Waals surface area contributed by atoms with Crippen LogP contribution in [0.4, 0.5) is 0 Å². The van der Waals surface area contributed by atoms with Gasteiger partial charge >= 0.3 is 5.63 Å². The summed E-state index contributed by atoms with van der Waals surface area (Å²) in [5, 5.41) is 10.8. The lowest BCUT2D eigenvalue weighted by atomic mass is 9.83. The zero-order valence-corrected chi connectivity index (χ0v) is 21.5. The molecule has 2 aliphatic heterocycles. The van der Waals surface area contributed by atoms with Gasteiger partial charge in [0.25, 0.3) is 0 Å². The number of aromatic hydroxyl groups is 1. The van der Waals surface area contributed by atoms with Crippen LogP contribution < -0.4 is 5.63 Å². The summed E-state index contributed by atoms with van der Waals surface area (Å²) >= 11 is 0. The number of rotatable bonds is 9. The van der Waals surface area contributed by atoms with E-state index >= 15 is 0 Å². The Labute approximate surface area is 208 Å². The molecular weight excluding hydrogens is 444 g/mol. The lowest BCUT2D eigenvalue weighted by Crippen LogP contribution is -2.51. The van der Waals surface area contributed by atoms with Gasteiger partial charge in [-0.1, -0.05) is 6.42 Å². The van der Waals surface area contributed by atoms with E-state index in [9.17, 15) is 14.7 Å². The molecule has 7 heteroatoms. The van der Waals surface area contributed by atoms with Gasteiger partial charge in [0.2, 0.25) is 5.91 Å². The van der Waals surface area contributed by atoms with Gasteiger partial charge in [-0.3, -0.25) is 4.79 Å². The van der Waals surface area contributed by atoms with Crippen LogP contribution >= 0.6 is 0 Å². The number of hydrogen-bond acceptors (Lipinski definition) is 6. The number of fused-ring (bicyclic) bond motifs is 2. The van der Waals surface area contributed by atoms with Crippen LogP contribution in [0.15, 0.2) is 21.3 Å². The number of piperidine rings is 2. The summed E-state index contributed by atoms with van der Waals surface area (Å²) in [5.41, 5.74) is 1.91. The van der Waals surface area contributed by atoms with E-state index in [2.05, 4.69) is 4.90 Å². The van der Waals surface area contributed by atoms with Crippen LogP contribution in [0.3, 0.4) is 0 Å². The molecule has 192 valence electrons. The molecule has 1 amide bonds. The van der Waals surface area contributed by atoms with E-state index < -0.39 is 5.63 Å². The third-order valence-electron chi connectivity index (χ3n) is 8.08. The highest BCUT2D eigenvalue weighted by molar-refractivity contribution is 5.85. The first-order valence-electron chi connectivity index (χ1n) is 13.2. The number of carbonyl (C=O) groups is 1. The molecule has 2 fully saturated rings. The molecule has 0 unspecified atom stereocenters. The third-order valence-corrected chi connectivity index (χ3v) is 8.08. The van der Waals surface area contributed by atoms with Crippen molar-refractivity contribution in [3.8, 4) is 5.75 Å². The number of phenolic OH excluding ortho intramolecular Hbond substituents is 1. The average Bonchev–Trinajstić information content (AvgIpc) is 2.86. The Kier molecular flexibility index (Phi) is 8.50. The Morgan fingerprint density at radius 1 is 1.17 bits per heavy atom. The Hall–Kier alpha value is -2.38. The summed E-state index contributed by atoms with van der Waals surface area (Å²) in [6.07, 6.45) is 7.62. The van der Waals surface area contributed by atoms with Crippen molar-refractivity contribution in [2.75, 3.05) is 39.9 Å².